The summed E-state index contributed by atoms with van der Waals surface area (Å²) in [5.74, 6) is -3.82. The molecule has 6 heteroatoms. The Labute approximate surface area is 74.0 Å². The Hall–Kier alpha value is -1.33. The van der Waals surface area contributed by atoms with Gasteiger partial charge in [-0.1, -0.05) is 0 Å². The van der Waals surface area contributed by atoms with E-state index >= 15 is 0 Å². The summed E-state index contributed by atoms with van der Waals surface area (Å²) in [6.07, 6.45) is -0.622. The number of nitrogens with two attached hydrogens (primary N) is 1. The lowest BCUT2D eigenvalue weighted by Gasteiger charge is -2.22. The average molecular weight is 192 g/mol. The van der Waals surface area contributed by atoms with Crippen molar-refractivity contribution in [2.75, 3.05) is 14.2 Å². The van der Waals surface area contributed by atoms with E-state index < -0.39 is 18.2 Å². The third kappa shape index (κ3) is 1.71. The fourth-order valence-electron chi connectivity index (χ4n) is 1.01. The molecule has 2 N–H and O–H groups in total. The largest absolute Gasteiger partial charge is 0.480 e. The number of hydrogen-bond donors (Lipinski definition) is 1. The highest BCUT2D eigenvalue weighted by molar-refractivity contribution is 5.85. The molecule has 0 aliphatic carbocycles. The molecule has 0 aromatic rings. The van der Waals surface area contributed by atoms with Crippen LogP contribution < -0.4 is 5.73 Å². The van der Waals surface area contributed by atoms with Crippen molar-refractivity contribution in [3.05, 3.63) is 11.6 Å². The molecule has 0 saturated heterocycles. The van der Waals surface area contributed by atoms with Gasteiger partial charge in [-0.3, -0.25) is 0 Å². The third-order valence-corrected chi connectivity index (χ3v) is 1.59. The van der Waals surface area contributed by atoms with Crippen LogP contribution in [0.2, 0.25) is 0 Å². The average Bonchev–Trinajstić information content (AvgIpc) is 2.03. The van der Waals surface area contributed by atoms with Crippen LogP contribution in [0.25, 0.3) is 0 Å². The molecule has 1 rings (SSSR count). The van der Waals surface area contributed by atoms with Crippen molar-refractivity contribution in [3.63, 3.8) is 0 Å². The summed E-state index contributed by atoms with van der Waals surface area (Å²) < 4.78 is 35.1. The maximum Gasteiger partial charge on any atom is 0.327 e. The number of methoxy groups -OCH3 is 2. The Morgan fingerprint density at radius 3 is 2.46 bits per heavy atom. The van der Waals surface area contributed by atoms with E-state index in [2.05, 4.69) is 14.5 Å². The molecule has 74 valence electrons. The molecule has 0 radical (unpaired) electrons. The fourth-order valence-corrected chi connectivity index (χ4v) is 1.01. The smallest absolute Gasteiger partial charge is 0.327 e. The molecular weight excluding hydrogens is 182 g/mol. The first kappa shape index (κ1) is 9.76. The lowest BCUT2D eigenvalue weighted by Crippen LogP contribution is -2.35. The van der Waals surface area contributed by atoms with E-state index in [0.29, 0.717) is 0 Å². The van der Waals surface area contributed by atoms with E-state index in [4.69, 9.17) is 5.73 Å². The number of halogens is 2. The van der Waals surface area contributed by atoms with Crippen LogP contribution in [0.4, 0.5) is 8.78 Å². The highest BCUT2D eigenvalue weighted by atomic mass is 19.3. The van der Waals surface area contributed by atoms with E-state index in [1.165, 1.54) is 7.11 Å². The first-order chi connectivity index (χ1) is 6.01. The van der Waals surface area contributed by atoms with Crippen LogP contribution >= 0.6 is 0 Å². The molecule has 0 unspecified atom stereocenters. The number of rotatable bonds is 1. The topological polar surface area (TPSA) is 56.8 Å². The zero-order chi connectivity index (χ0) is 10.1. The van der Waals surface area contributed by atoms with Crippen molar-refractivity contribution < 1.29 is 18.3 Å². The van der Waals surface area contributed by atoms with Crippen molar-refractivity contribution in [1.82, 2.24) is 0 Å². The van der Waals surface area contributed by atoms with Crippen molar-refractivity contribution >= 4 is 5.90 Å². The number of nitrogens with zero attached hydrogens (tertiary/aromatic N) is 1. The summed E-state index contributed by atoms with van der Waals surface area (Å²) in [5, 5.41) is 0. The predicted molar refractivity (Wildman–Crippen MR) is 42.2 cm³/mol. The van der Waals surface area contributed by atoms with E-state index in [9.17, 15) is 8.78 Å². The van der Waals surface area contributed by atoms with Gasteiger partial charge in [0.05, 0.1) is 26.3 Å². The van der Waals surface area contributed by atoms with E-state index in [1.54, 1.807) is 0 Å². The van der Waals surface area contributed by atoms with Crippen molar-refractivity contribution in [1.29, 1.82) is 0 Å². The molecule has 1 aliphatic rings. The Morgan fingerprint density at radius 2 is 2.00 bits per heavy atom. The SMILES string of the molecule is COC1=NC(OC)=C(N)CC1(F)F. The van der Waals surface area contributed by atoms with Gasteiger partial charge in [0.1, 0.15) is 0 Å². The van der Waals surface area contributed by atoms with Gasteiger partial charge in [0.15, 0.2) is 0 Å². The van der Waals surface area contributed by atoms with Crippen LogP contribution in [0.5, 0.6) is 0 Å². The van der Waals surface area contributed by atoms with E-state index in [1.807, 2.05) is 0 Å². The molecule has 4 nitrogen and oxygen atoms in total. The summed E-state index contributed by atoms with van der Waals surface area (Å²) in [6.45, 7) is 0. The van der Waals surface area contributed by atoms with Gasteiger partial charge in [-0.15, -0.1) is 0 Å². The minimum absolute atomic E-state index is 0.0113. The van der Waals surface area contributed by atoms with Gasteiger partial charge in [-0.05, 0) is 0 Å². The fraction of sp³-hybridized carbons (Fsp3) is 0.571. The first-order valence-electron chi connectivity index (χ1n) is 3.55. The Kier molecular flexibility index (Phi) is 2.40. The van der Waals surface area contributed by atoms with Crippen LogP contribution in [0.3, 0.4) is 0 Å². The van der Waals surface area contributed by atoms with Crippen LogP contribution in [-0.2, 0) is 9.47 Å². The van der Waals surface area contributed by atoms with Crippen LogP contribution in [0.15, 0.2) is 16.6 Å². The summed E-state index contributed by atoms with van der Waals surface area (Å²) >= 11 is 0. The van der Waals surface area contributed by atoms with E-state index in [0.717, 1.165) is 7.11 Å². The second-order valence-corrected chi connectivity index (χ2v) is 2.54. The second kappa shape index (κ2) is 3.20. The van der Waals surface area contributed by atoms with Crippen LogP contribution in [-0.4, -0.2) is 26.0 Å². The van der Waals surface area contributed by atoms with Gasteiger partial charge in [0.2, 0.25) is 5.88 Å². The number of alkyl halides is 2. The first-order valence-corrected chi connectivity index (χ1v) is 3.55. The summed E-state index contributed by atoms with van der Waals surface area (Å²) in [6, 6.07) is 0. The minimum atomic E-state index is -3.14. The Bertz CT molecular complexity index is 274. The van der Waals surface area contributed by atoms with Gasteiger partial charge >= 0.3 is 5.92 Å². The lowest BCUT2D eigenvalue weighted by atomic mass is 10.1. The molecule has 0 amide bonds. The zero-order valence-electron chi connectivity index (χ0n) is 7.30. The highest BCUT2D eigenvalue weighted by Gasteiger charge is 2.42. The molecule has 0 aromatic heterocycles. The zero-order valence-corrected chi connectivity index (χ0v) is 7.30. The predicted octanol–water partition coefficient (Wildman–Crippen LogP) is 0.845. The third-order valence-electron chi connectivity index (χ3n) is 1.59. The maximum atomic E-state index is 13.0. The quantitative estimate of drug-likeness (QED) is 0.669. The molecule has 0 atom stereocenters. The van der Waals surface area contributed by atoms with Crippen LogP contribution in [0, 0.1) is 0 Å². The molecule has 0 aromatic carbocycles. The molecule has 1 aliphatic heterocycles. The number of allylic oxidation sites excluding steroid dienone is 1. The molecule has 13 heavy (non-hydrogen) atoms. The normalized spacial score (nSPS) is 21.1. The second-order valence-electron chi connectivity index (χ2n) is 2.54. The summed E-state index contributed by atoms with van der Waals surface area (Å²) in [5.41, 5.74) is 5.22. The van der Waals surface area contributed by atoms with E-state index in [-0.39, 0.29) is 11.6 Å². The van der Waals surface area contributed by atoms with Gasteiger partial charge in [0, 0.05) is 0 Å². The molecule has 0 fully saturated rings. The van der Waals surface area contributed by atoms with Gasteiger partial charge in [-0.2, -0.15) is 13.8 Å². The standard InChI is InChI=1S/C7H10F2N2O2/c1-12-5-4(10)3-7(8,9)6(11-5)13-2/h3,10H2,1-2H3. The number of ether oxygens (including phenoxy) is 2. The van der Waals surface area contributed by atoms with Gasteiger partial charge in [-0.25, -0.2) is 0 Å². The number of hydrogen-bond acceptors (Lipinski definition) is 4. The lowest BCUT2D eigenvalue weighted by molar-refractivity contribution is 0.0454. The van der Waals surface area contributed by atoms with Crippen molar-refractivity contribution in [3.8, 4) is 0 Å². The number of aliphatic imine (C=N–C) groups is 1. The van der Waals surface area contributed by atoms with Crippen LogP contribution in [0.1, 0.15) is 6.42 Å². The Balaban J connectivity index is 3.02. The van der Waals surface area contributed by atoms with Crippen molar-refractivity contribution in [2.45, 2.75) is 12.3 Å². The maximum absolute atomic E-state index is 13.0. The summed E-state index contributed by atoms with van der Waals surface area (Å²) in [7, 11) is 2.43. The molecule has 0 saturated carbocycles. The van der Waals surface area contributed by atoms with Gasteiger partial charge in [0.25, 0.3) is 5.90 Å². The molecule has 1 heterocycles. The summed E-state index contributed by atoms with van der Waals surface area (Å²) in [4.78, 5) is 3.43. The molecule has 0 spiro atoms. The Morgan fingerprint density at radius 1 is 1.38 bits per heavy atom. The minimum Gasteiger partial charge on any atom is -0.480 e. The van der Waals surface area contributed by atoms with Gasteiger partial charge < -0.3 is 15.2 Å². The van der Waals surface area contributed by atoms with Crippen molar-refractivity contribution in [2.24, 2.45) is 10.7 Å². The molecule has 0 bridgehead atoms. The molecular formula is C7H10F2N2O2. The highest BCUT2D eigenvalue weighted by Crippen LogP contribution is 2.30. The monoisotopic (exact) mass is 192 g/mol.